The molecule has 1 N–H and O–H groups in total. The predicted molar refractivity (Wildman–Crippen MR) is 108 cm³/mol. The number of anilines is 2. The predicted octanol–water partition coefficient (Wildman–Crippen LogP) is 2.81. The molecule has 1 saturated heterocycles. The Morgan fingerprint density at radius 1 is 0.815 bits per heavy atom. The molecule has 0 aliphatic carbocycles. The summed E-state index contributed by atoms with van der Waals surface area (Å²) in [5.74, 6) is 1.46. The van der Waals surface area contributed by atoms with Gasteiger partial charge in [0.05, 0.1) is 6.20 Å². The standard InChI is InChI=1S/C21H24N6/c1-3-7-18(8-4-1)15-22-20-16-23-25-21(24-20)27-13-11-26(12-14-27)17-19-9-5-2-6-10-19/h1-10,16H,11-15,17H2,(H,22,24,25). The van der Waals surface area contributed by atoms with Gasteiger partial charge in [-0.3, -0.25) is 4.90 Å². The van der Waals surface area contributed by atoms with Crippen LogP contribution in [0.2, 0.25) is 0 Å². The molecule has 2 heterocycles. The minimum Gasteiger partial charge on any atom is -0.365 e. The summed E-state index contributed by atoms with van der Waals surface area (Å²) < 4.78 is 0. The Kier molecular flexibility index (Phi) is 5.55. The highest BCUT2D eigenvalue weighted by molar-refractivity contribution is 5.40. The van der Waals surface area contributed by atoms with Crippen LogP contribution in [-0.2, 0) is 13.1 Å². The third-order valence-corrected chi connectivity index (χ3v) is 4.77. The Hall–Kier alpha value is -2.99. The van der Waals surface area contributed by atoms with Gasteiger partial charge in [-0.15, -0.1) is 5.10 Å². The van der Waals surface area contributed by atoms with Crippen LogP contribution in [0.15, 0.2) is 66.9 Å². The van der Waals surface area contributed by atoms with Gasteiger partial charge in [-0.2, -0.15) is 10.1 Å². The summed E-state index contributed by atoms with van der Waals surface area (Å²) in [5, 5.41) is 11.7. The molecule has 1 fully saturated rings. The fourth-order valence-corrected chi connectivity index (χ4v) is 3.25. The average Bonchev–Trinajstić information content (AvgIpc) is 2.75. The molecule has 1 aliphatic rings. The van der Waals surface area contributed by atoms with E-state index in [4.69, 9.17) is 0 Å². The van der Waals surface area contributed by atoms with Crippen molar-refractivity contribution < 1.29 is 0 Å². The van der Waals surface area contributed by atoms with Gasteiger partial charge in [-0.05, 0) is 11.1 Å². The minimum atomic E-state index is 0.701. The van der Waals surface area contributed by atoms with Crippen molar-refractivity contribution in [2.75, 3.05) is 36.4 Å². The molecule has 138 valence electrons. The van der Waals surface area contributed by atoms with Gasteiger partial charge in [-0.25, -0.2) is 0 Å². The molecule has 0 amide bonds. The van der Waals surface area contributed by atoms with E-state index in [1.807, 2.05) is 18.2 Å². The SMILES string of the molecule is c1ccc(CNc2cnnc(N3CCN(Cc4ccccc4)CC3)n2)cc1. The van der Waals surface area contributed by atoms with Crippen LogP contribution in [0.3, 0.4) is 0 Å². The summed E-state index contributed by atoms with van der Waals surface area (Å²) in [5.41, 5.74) is 2.57. The Morgan fingerprint density at radius 3 is 2.19 bits per heavy atom. The van der Waals surface area contributed by atoms with Crippen molar-refractivity contribution >= 4 is 11.8 Å². The van der Waals surface area contributed by atoms with Crippen molar-refractivity contribution in [3.8, 4) is 0 Å². The maximum atomic E-state index is 4.64. The molecule has 0 atom stereocenters. The molecule has 4 rings (SSSR count). The first-order valence-electron chi connectivity index (χ1n) is 9.35. The number of nitrogens with zero attached hydrogens (tertiary/aromatic N) is 5. The molecular formula is C21H24N6. The van der Waals surface area contributed by atoms with Crippen LogP contribution in [0.4, 0.5) is 11.8 Å². The number of rotatable bonds is 6. The molecule has 0 bridgehead atoms. The topological polar surface area (TPSA) is 57.2 Å². The van der Waals surface area contributed by atoms with Crippen molar-refractivity contribution in [2.45, 2.75) is 13.1 Å². The van der Waals surface area contributed by atoms with E-state index in [0.717, 1.165) is 45.1 Å². The zero-order valence-corrected chi connectivity index (χ0v) is 15.3. The average molecular weight is 360 g/mol. The Bertz CT molecular complexity index is 832. The maximum Gasteiger partial charge on any atom is 0.247 e. The lowest BCUT2D eigenvalue weighted by Gasteiger charge is -2.34. The van der Waals surface area contributed by atoms with E-state index in [0.29, 0.717) is 5.95 Å². The van der Waals surface area contributed by atoms with E-state index in [1.54, 1.807) is 6.20 Å². The third kappa shape index (κ3) is 4.80. The van der Waals surface area contributed by atoms with Gasteiger partial charge < -0.3 is 10.2 Å². The number of benzene rings is 2. The zero-order chi connectivity index (χ0) is 18.3. The monoisotopic (exact) mass is 360 g/mol. The third-order valence-electron chi connectivity index (χ3n) is 4.77. The summed E-state index contributed by atoms with van der Waals surface area (Å²) in [4.78, 5) is 9.32. The van der Waals surface area contributed by atoms with Crippen molar-refractivity contribution in [3.05, 3.63) is 78.0 Å². The van der Waals surface area contributed by atoms with E-state index in [-0.39, 0.29) is 0 Å². The lowest BCUT2D eigenvalue weighted by Crippen LogP contribution is -2.46. The molecule has 2 aromatic carbocycles. The smallest absolute Gasteiger partial charge is 0.247 e. The summed E-state index contributed by atoms with van der Waals surface area (Å²) in [6, 6.07) is 20.9. The second-order valence-corrected chi connectivity index (χ2v) is 6.73. The largest absolute Gasteiger partial charge is 0.365 e. The fraction of sp³-hybridized carbons (Fsp3) is 0.286. The highest BCUT2D eigenvalue weighted by Crippen LogP contribution is 2.14. The quantitative estimate of drug-likeness (QED) is 0.729. The fourth-order valence-electron chi connectivity index (χ4n) is 3.25. The van der Waals surface area contributed by atoms with Crippen molar-refractivity contribution in [1.29, 1.82) is 0 Å². The number of hydrogen-bond acceptors (Lipinski definition) is 6. The lowest BCUT2D eigenvalue weighted by atomic mass is 10.2. The van der Waals surface area contributed by atoms with Crippen molar-refractivity contribution in [3.63, 3.8) is 0 Å². The lowest BCUT2D eigenvalue weighted by molar-refractivity contribution is 0.248. The van der Waals surface area contributed by atoms with Gasteiger partial charge in [0.2, 0.25) is 5.95 Å². The Labute approximate surface area is 159 Å². The number of nitrogens with one attached hydrogen (secondary N) is 1. The highest BCUT2D eigenvalue weighted by Gasteiger charge is 2.19. The summed E-state index contributed by atoms with van der Waals surface area (Å²) in [6.45, 7) is 5.55. The molecule has 0 saturated carbocycles. The molecule has 27 heavy (non-hydrogen) atoms. The maximum absolute atomic E-state index is 4.64. The van der Waals surface area contributed by atoms with Gasteiger partial charge >= 0.3 is 0 Å². The van der Waals surface area contributed by atoms with E-state index >= 15 is 0 Å². The summed E-state index contributed by atoms with van der Waals surface area (Å²) in [7, 11) is 0. The van der Waals surface area contributed by atoms with E-state index in [1.165, 1.54) is 11.1 Å². The molecule has 0 spiro atoms. The normalized spacial score (nSPS) is 14.9. The van der Waals surface area contributed by atoms with Crippen molar-refractivity contribution in [1.82, 2.24) is 20.1 Å². The van der Waals surface area contributed by atoms with Gasteiger partial charge in [-0.1, -0.05) is 60.7 Å². The number of aromatic nitrogens is 3. The van der Waals surface area contributed by atoms with Crippen LogP contribution >= 0.6 is 0 Å². The zero-order valence-electron chi connectivity index (χ0n) is 15.3. The number of hydrogen-bond donors (Lipinski definition) is 1. The van der Waals surface area contributed by atoms with Crippen LogP contribution in [-0.4, -0.2) is 46.3 Å². The molecular weight excluding hydrogens is 336 g/mol. The summed E-state index contributed by atoms with van der Waals surface area (Å²) >= 11 is 0. The molecule has 0 unspecified atom stereocenters. The Morgan fingerprint density at radius 2 is 1.48 bits per heavy atom. The van der Waals surface area contributed by atoms with Crippen LogP contribution < -0.4 is 10.2 Å². The van der Waals surface area contributed by atoms with Crippen LogP contribution in [0.1, 0.15) is 11.1 Å². The molecule has 6 heteroatoms. The second-order valence-electron chi connectivity index (χ2n) is 6.73. The Balaban J connectivity index is 1.32. The van der Waals surface area contributed by atoms with E-state index in [9.17, 15) is 0 Å². The highest BCUT2D eigenvalue weighted by atomic mass is 15.4. The van der Waals surface area contributed by atoms with Crippen LogP contribution in [0.25, 0.3) is 0 Å². The minimum absolute atomic E-state index is 0.701. The van der Waals surface area contributed by atoms with Crippen LogP contribution in [0, 0.1) is 0 Å². The van der Waals surface area contributed by atoms with Gasteiger partial charge in [0.25, 0.3) is 0 Å². The first-order valence-corrected chi connectivity index (χ1v) is 9.35. The first kappa shape index (κ1) is 17.4. The second kappa shape index (κ2) is 8.60. The molecule has 6 nitrogen and oxygen atoms in total. The molecule has 3 aromatic rings. The van der Waals surface area contributed by atoms with E-state index in [2.05, 4.69) is 72.8 Å². The van der Waals surface area contributed by atoms with Crippen molar-refractivity contribution in [2.24, 2.45) is 0 Å². The van der Waals surface area contributed by atoms with Gasteiger partial charge in [0.1, 0.15) is 0 Å². The molecule has 0 radical (unpaired) electrons. The first-order chi connectivity index (χ1) is 13.4. The van der Waals surface area contributed by atoms with E-state index < -0.39 is 0 Å². The van der Waals surface area contributed by atoms with Gasteiger partial charge in [0.15, 0.2) is 5.82 Å². The van der Waals surface area contributed by atoms with Crippen LogP contribution in [0.5, 0.6) is 0 Å². The molecule has 1 aromatic heterocycles. The number of piperazine rings is 1. The van der Waals surface area contributed by atoms with Gasteiger partial charge in [0, 0.05) is 39.3 Å². The molecule has 1 aliphatic heterocycles. The summed E-state index contributed by atoms with van der Waals surface area (Å²) in [6.07, 6.45) is 1.68.